The van der Waals surface area contributed by atoms with Gasteiger partial charge < -0.3 is 13.9 Å². The average Bonchev–Trinajstić information content (AvgIpc) is 2.99. The lowest BCUT2D eigenvalue weighted by molar-refractivity contribution is -0.140. The minimum atomic E-state index is -0.886. The van der Waals surface area contributed by atoms with Gasteiger partial charge in [-0.1, -0.05) is 0 Å². The third-order valence-electron chi connectivity index (χ3n) is 3.09. The summed E-state index contributed by atoms with van der Waals surface area (Å²) < 4.78 is 16.2. The highest BCUT2D eigenvalue weighted by atomic mass is 79.9. The van der Waals surface area contributed by atoms with Gasteiger partial charge in [-0.3, -0.25) is 4.79 Å². The van der Waals surface area contributed by atoms with Gasteiger partial charge in [0.15, 0.2) is 10.8 Å². The van der Waals surface area contributed by atoms with Crippen LogP contribution in [0.25, 0.3) is 6.08 Å². The van der Waals surface area contributed by atoms with Crippen LogP contribution in [0.4, 0.5) is 0 Å². The van der Waals surface area contributed by atoms with Gasteiger partial charge in [-0.2, -0.15) is 0 Å². The fraction of sp³-hybridized carbons (Fsp3) is 0.222. The normalized spacial score (nSPS) is 12.1. The van der Waals surface area contributed by atoms with Crippen molar-refractivity contribution in [2.24, 2.45) is 0 Å². The van der Waals surface area contributed by atoms with E-state index in [4.69, 9.17) is 13.9 Å². The summed E-state index contributed by atoms with van der Waals surface area (Å²) in [6, 6.07) is 10.1. The molecule has 0 radical (unpaired) electrons. The summed E-state index contributed by atoms with van der Waals surface area (Å²) in [6.07, 6.45) is 1.80. The molecule has 0 aliphatic rings. The lowest BCUT2D eigenvalue weighted by atomic mass is 10.1. The van der Waals surface area contributed by atoms with Crippen LogP contribution in [-0.2, 0) is 9.53 Å². The third kappa shape index (κ3) is 5.09. The Morgan fingerprint density at radius 1 is 1.21 bits per heavy atom. The molecule has 1 heterocycles. The van der Waals surface area contributed by atoms with Crippen LogP contribution < -0.4 is 4.74 Å². The van der Waals surface area contributed by atoms with Crippen LogP contribution in [0.5, 0.6) is 5.75 Å². The van der Waals surface area contributed by atoms with Crippen molar-refractivity contribution in [2.45, 2.75) is 20.0 Å². The largest absolute Gasteiger partial charge is 0.494 e. The van der Waals surface area contributed by atoms with Gasteiger partial charge in [0.1, 0.15) is 11.5 Å². The van der Waals surface area contributed by atoms with Crippen LogP contribution in [0, 0.1) is 0 Å². The minimum absolute atomic E-state index is 0.277. The highest BCUT2D eigenvalue weighted by molar-refractivity contribution is 9.10. The van der Waals surface area contributed by atoms with E-state index >= 15 is 0 Å². The van der Waals surface area contributed by atoms with Gasteiger partial charge >= 0.3 is 5.97 Å². The highest BCUT2D eigenvalue weighted by Gasteiger charge is 2.18. The molecule has 0 aliphatic heterocycles. The van der Waals surface area contributed by atoms with Crippen LogP contribution in [0.1, 0.15) is 30.0 Å². The number of carbonyl (C=O) groups is 2. The van der Waals surface area contributed by atoms with E-state index in [-0.39, 0.29) is 5.78 Å². The predicted octanol–water partition coefficient (Wildman–Crippen LogP) is 4.27. The minimum Gasteiger partial charge on any atom is -0.494 e. The molecule has 126 valence electrons. The Morgan fingerprint density at radius 3 is 2.50 bits per heavy atom. The summed E-state index contributed by atoms with van der Waals surface area (Å²) in [6.45, 7) is 3.98. The quantitative estimate of drug-likeness (QED) is 0.399. The van der Waals surface area contributed by atoms with Crippen molar-refractivity contribution < 1.29 is 23.5 Å². The molecule has 0 fully saturated rings. The second kappa shape index (κ2) is 8.49. The van der Waals surface area contributed by atoms with E-state index in [2.05, 4.69) is 15.9 Å². The topological polar surface area (TPSA) is 65.7 Å². The lowest BCUT2D eigenvalue weighted by Crippen LogP contribution is -2.23. The molecule has 0 saturated carbocycles. The first kappa shape index (κ1) is 18.0. The van der Waals surface area contributed by atoms with Crippen molar-refractivity contribution in [1.82, 2.24) is 0 Å². The van der Waals surface area contributed by atoms with Crippen molar-refractivity contribution in [3.05, 3.63) is 58.5 Å². The number of rotatable bonds is 7. The molecule has 5 nitrogen and oxygen atoms in total. The summed E-state index contributed by atoms with van der Waals surface area (Å²) in [4.78, 5) is 24.0. The first-order valence-electron chi connectivity index (χ1n) is 7.40. The number of hydrogen-bond donors (Lipinski definition) is 0. The Bertz CT molecular complexity index is 730. The molecule has 6 heteroatoms. The van der Waals surface area contributed by atoms with Gasteiger partial charge in [0, 0.05) is 11.6 Å². The van der Waals surface area contributed by atoms with Gasteiger partial charge in [0.05, 0.1) is 6.61 Å². The zero-order chi connectivity index (χ0) is 17.5. The van der Waals surface area contributed by atoms with Crippen molar-refractivity contribution in [3.63, 3.8) is 0 Å². The smallest absolute Gasteiger partial charge is 0.331 e. The monoisotopic (exact) mass is 392 g/mol. The number of halogens is 1. The summed E-state index contributed by atoms with van der Waals surface area (Å²) in [5.74, 6) is 0.297. The van der Waals surface area contributed by atoms with Crippen molar-refractivity contribution in [2.75, 3.05) is 6.61 Å². The molecule has 1 atom stereocenters. The number of esters is 1. The summed E-state index contributed by atoms with van der Waals surface area (Å²) in [7, 11) is 0. The van der Waals surface area contributed by atoms with E-state index in [1.807, 2.05) is 6.92 Å². The van der Waals surface area contributed by atoms with Crippen LogP contribution in [0.3, 0.4) is 0 Å². The zero-order valence-corrected chi connectivity index (χ0v) is 14.9. The molecule has 0 aliphatic carbocycles. The number of benzene rings is 1. The Morgan fingerprint density at radius 2 is 1.92 bits per heavy atom. The molecule has 0 unspecified atom stereocenters. The molecule has 0 N–H and O–H groups in total. The zero-order valence-electron chi connectivity index (χ0n) is 13.3. The first-order chi connectivity index (χ1) is 11.5. The maximum Gasteiger partial charge on any atom is 0.331 e. The van der Waals surface area contributed by atoms with Gasteiger partial charge in [-0.05, 0) is 72.3 Å². The van der Waals surface area contributed by atoms with Crippen LogP contribution in [0.15, 0.2) is 51.6 Å². The highest BCUT2D eigenvalue weighted by Crippen LogP contribution is 2.16. The van der Waals surface area contributed by atoms with Gasteiger partial charge in [-0.25, -0.2) is 4.79 Å². The number of furan rings is 1. The molecule has 2 rings (SSSR count). The van der Waals surface area contributed by atoms with E-state index in [1.54, 1.807) is 36.4 Å². The fourth-order valence-corrected chi connectivity index (χ4v) is 2.27. The molecular weight excluding hydrogens is 376 g/mol. The number of hydrogen-bond acceptors (Lipinski definition) is 5. The number of ether oxygens (including phenoxy) is 2. The third-order valence-corrected chi connectivity index (χ3v) is 3.52. The maximum atomic E-state index is 12.3. The Hall–Kier alpha value is -2.34. The van der Waals surface area contributed by atoms with Crippen molar-refractivity contribution in [1.29, 1.82) is 0 Å². The van der Waals surface area contributed by atoms with Crippen LogP contribution >= 0.6 is 15.9 Å². The predicted molar refractivity (Wildman–Crippen MR) is 92.9 cm³/mol. The summed E-state index contributed by atoms with van der Waals surface area (Å²) in [5, 5.41) is 0. The molecule has 0 bridgehead atoms. The molecule has 0 spiro atoms. The summed E-state index contributed by atoms with van der Waals surface area (Å²) >= 11 is 3.17. The lowest BCUT2D eigenvalue weighted by Gasteiger charge is -2.11. The number of carbonyl (C=O) groups excluding carboxylic acids is 2. The molecule has 1 aromatic heterocycles. The van der Waals surface area contributed by atoms with E-state index in [1.165, 1.54) is 19.1 Å². The van der Waals surface area contributed by atoms with E-state index < -0.39 is 12.1 Å². The standard InChI is InChI=1S/C18H17BrO5/c1-3-22-14-6-4-13(5-7-14)18(21)12(2)23-17(20)11-9-15-8-10-16(19)24-15/h4-12H,3H2,1-2H3/b11-9+/t12-/m1/s1. The molecule has 2 aromatic rings. The second-order valence-corrected chi connectivity index (χ2v) is 5.66. The van der Waals surface area contributed by atoms with E-state index in [0.717, 1.165) is 0 Å². The number of ketones is 1. The molecule has 1 aromatic carbocycles. The molecular formula is C18H17BrO5. The van der Waals surface area contributed by atoms with Gasteiger partial charge in [0.2, 0.25) is 5.78 Å². The maximum absolute atomic E-state index is 12.3. The Balaban J connectivity index is 1.92. The molecule has 24 heavy (non-hydrogen) atoms. The summed E-state index contributed by atoms with van der Waals surface area (Å²) in [5.41, 5.74) is 0.456. The number of Topliss-reactive ketones (excluding diaryl/α,β-unsaturated/α-hetero) is 1. The van der Waals surface area contributed by atoms with E-state index in [0.29, 0.717) is 28.3 Å². The van der Waals surface area contributed by atoms with Gasteiger partial charge in [-0.15, -0.1) is 0 Å². The van der Waals surface area contributed by atoms with Crippen molar-refractivity contribution >= 4 is 33.8 Å². The fourth-order valence-electron chi connectivity index (χ4n) is 1.95. The Kier molecular flexibility index (Phi) is 6.37. The second-order valence-electron chi connectivity index (χ2n) is 4.88. The molecule has 0 amide bonds. The molecule has 0 saturated heterocycles. The van der Waals surface area contributed by atoms with Crippen molar-refractivity contribution in [3.8, 4) is 5.75 Å². The van der Waals surface area contributed by atoms with Crippen LogP contribution in [-0.4, -0.2) is 24.5 Å². The SMILES string of the molecule is CCOc1ccc(C(=O)[C@@H](C)OC(=O)/C=C/c2ccc(Br)o2)cc1. The van der Waals surface area contributed by atoms with E-state index in [9.17, 15) is 9.59 Å². The van der Waals surface area contributed by atoms with Gasteiger partial charge in [0.25, 0.3) is 0 Å². The Labute approximate surface area is 148 Å². The average molecular weight is 393 g/mol. The first-order valence-corrected chi connectivity index (χ1v) is 8.20. The van der Waals surface area contributed by atoms with Crippen LogP contribution in [0.2, 0.25) is 0 Å².